The molecule has 2 amide bonds. The number of thiophene rings is 1. The van der Waals surface area contributed by atoms with Crippen LogP contribution in [-0.2, 0) is 0 Å². The van der Waals surface area contributed by atoms with E-state index in [4.69, 9.17) is 0 Å². The Labute approximate surface area is 95.1 Å². The highest BCUT2D eigenvalue weighted by atomic mass is 32.1. The van der Waals surface area contributed by atoms with Gasteiger partial charge in [-0.2, -0.15) is 0 Å². The second-order valence-electron chi connectivity index (χ2n) is 3.70. The summed E-state index contributed by atoms with van der Waals surface area (Å²) >= 11 is 1.69. The van der Waals surface area contributed by atoms with Crippen LogP contribution in [-0.4, -0.2) is 25.0 Å². The first-order valence-electron chi connectivity index (χ1n) is 5.16. The zero-order chi connectivity index (χ0) is 11.3. The molecule has 1 aromatic heterocycles. The highest BCUT2D eigenvalue weighted by molar-refractivity contribution is 7.10. The fourth-order valence-electron chi connectivity index (χ4n) is 1.34. The number of nitrogens with one attached hydrogen (secondary N) is 1. The molecule has 15 heavy (non-hydrogen) atoms. The minimum Gasteiger partial charge on any atom is -0.331 e. The summed E-state index contributed by atoms with van der Waals surface area (Å²) < 4.78 is 0. The topological polar surface area (TPSA) is 32.3 Å². The second-order valence-corrected chi connectivity index (χ2v) is 4.68. The standard InChI is InChI=1S/C11H18N2OS/c1-4-6-9(10-7-5-8-15-10)12-11(14)13(2)3/h5,7-9H,4,6H2,1-3H3,(H,12,14). The highest BCUT2D eigenvalue weighted by Gasteiger charge is 2.15. The third kappa shape index (κ3) is 3.55. The van der Waals surface area contributed by atoms with Gasteiger partial charge >= 0.3 is 6.03 Å². The molecule has 3 nitrogen and oxygen atoms in total. The van der Waals surface area contributed by atoms with Gasteiger partial charge in [-0.1, -0.05) is 19.4 Å². The van der Waals surface area contributed by atoms with Crippen molar-refractivity contribution in [1.82, 2.24) is 10.2 Å². The Morgan fingerprint density at radius 3 is 2.80 bits per heavy atom. The van der Waals surface area contributed by atoms with E-state index in [-0.39, 0.29) is 12.1 Å². The summed E-state index contributed by atoms with van der Waals surface area (Å²) in [7, 11) is 3.51. The zero-order valence-corrected chi connectivity index (χ0v) is 10.3. The van der Waals surface area contributed by atoms with Crippen LogP contribution in [0.3, 0.4) is 0 Å². The van der Waals surface area contributed by atoms with Crippen LogP contribution in [0.5, 0.6) is 0 Å². The maximum Gasteiger partial charge on any atom is 0.317 e. The number of carbonyl (C=O) groups is 1. The first-order valence-corrected chi connectivity index (χ1v) is 6.04. The maximum atomic E-state index is 11.5. The average Bonchev–Trinajstić information content (AvgIpc) is 2.69. The number of rotatable bonds is 4. The van der Waals surface area contributed by atoms with Gasteiger partial charge in [-0.15, -0.1) is 11.3 Å². The van der Waals surface area contributed by atoms with E-state index >= 15 is 0 Å². The van der Waals surface area contributed by atoms with E-state index in [1.165, 1.54) is 4.88 Å². The van der Waals surface area contributed by atoms with Crippen molar-refractivity contribution in [3.63, 3.8) is 0 Å². The number of nitrogens with zero attached hydrogens (tertiary/aromatic N) is 1. The number of hydrogen-bond donors (Lipinski definition) is 1. The van der Waals surface area contributed by atoms with Crippen molar-refractivity contribution in [2.24, 2.45) is 0 Å². The van der Waals surface area contributed by atoms with Crippen LogP contribution in [0.4, 0.5) is 4.79 Å². The Morgan fingerprint density at radius 1 is 1.60 bits per heavy atom. The lowest BCUT2D eigenvalue weighted by molar-refractivity contribution is 0.212. The van der Waals surface area contributed by atoms with Crippen LogP contribution < -0.4 is 5.32 Å². The van der Waals surface area contributed by atoms with Gasteiger partial charge in [0.15, 0.2) is 0 Å². The minimum atomic E-state index is -0.0261. The van der Waals surface area contributed by atoms with Gasteiger partial charge in [0.25, 0.3) is 0 Å². The molecule has 0 bridgehead atoms. The molecule has 1 atom stereocenters. The minimum absolute atomic E-state index is 0.0261. The summed E-state index contributed by atoms with van der Waals surface area (Å²) in [5.74, 6) is 0. The molecule has 0 saturated heterocycles. The number of carbonyl (C=O) groups excluding carboxylic acids is 1. The van der Waals surface area contributed by atoms with Crippen LogP contribution >= 0.6 is 11.3 Å². The molecular formula is C11H18N2OS. The van der Waals surface area contributed by atoms with Gasteiger partial charge in [-0.25, -0.2) is 4.79 Å². The predicted molar refractivity (Wildman–Crippen MR) is 64.2 cm³/mol. The first-order chi connectivity index (χ1) is 7.15. The molecule has 0 aliphatic carbocycles. The van der Waals surface area contributed by atoms with Gasteiger partial charge in [0.05, 0.1) is 6.04 Å². The van der Waals surface area contributed by atoms with Crippen LogP contribution in [0, 0.1) is 0 Å². The van der Waals surface area contributed by atoms with Crippen molar-refractivity contribution in [2.45, 2.75) is 25.8 Å². The first kappa shape index (κ1) is 12.0. The predicted octanol–water partition coefficient (Wildman–Crippen LogP) is 2.86. The zero-order valence-electron chi connectivity index (χ0n) is 9.49. The molecule has 0 aliphatic rings. The summed E-state index contributed by atoms with van der Waals surface area (Å²) in [6.07, 6.45) is 2.05. The van der Waals surface area contributed by atoms with E-state index in [1.54, 1.807) is 30.3 Å². The van der Waals surface area contributed by atoms with Crippen LogP contribution in [0.15, 0.2) is 17.5 Å². The Balaban J connectivity index is 2.63. The van der Waals surface area contributed by atoms with Gasteiger partial charge in [0.1, 0.15) is 0 Å². The average molecular weight is 226 g/mol. The number of hydrogen-bond acceptors (Lipinski definition) is 2. The molecule has 0 fully saturated rings. The normalized spacial score (nSPS) is 12.2. The summed E-state index contributed by atoms with van der Waals surface area (Å²) in [5, 5.41) is 5.06. The molecule has 4 heteroatoms. The smallest absolute Gasteiger partial charge is 0.317 e. The summed E-state index contributed by atoms with van der Waals surface area (Å²) in [4.78, 5) is 14.3. The molecule has 1 unspecified atom stereocenters. The molecule has 1 N–H and O–H groups in total. The van der Waals surface area contributed by atoms with E-state index < -0.39 is 0 Å². The number of amides is 2. The Bertz CT molecular complexity index is 296. The Morgan fingerprint density at radius 2 is 2.33 bits per heavy atom. The lowest BCUT2D eigenvalue weighted by Gasteiger charge is -2.19. The maximum absolute atomic E-state index is 11.5. The summed E-state index contributed by atoms with van der Waals surface area (Å²) in [6.45, 7) is 2.13. The molecule has 84 valence electrons. The molecule has 1 heterocycles. The van der Waals surface area contributed by atoms with Gasteiger partial charge < -0.3 is 10.2 Å². The van der Waals surface area contributed by atoms with Gasteiger partial charge in [-0.3, -0.25) is 0 Å². The van der Waals surface area contributed by atoms with Crippen LogP contribution in [0.2, 0.25) is 0 Å². The van der Waals surface area contributed by atoms with E-state index in [0.717, 1.165) is 12.8 Å². The second kappa shape index (κ2) is 5.75. The van der Waals surface area contributed by atoms with E-state index in [2.05, 4.69) is 18.3 Å². The molecule has 1 rings (SSSR count). The highest BCUT2D eigenvalue weighted by Crippen LogP contribution is 2.23. The third-order valence-electron chi connectivity index (χ3n) is 2.17. The quantitative estimate of drug-likeness (QED) is 0.841. The van der Waals surface area contributed by atoms with Crippen molar-refractivity contribution >= 4 is 17.4 Å². The van der Waals surface area contributed by atoms with Gasteiger partial charge in [-0.05, 0) is 17.9 Å². The lowest BCUT2D eigenvalue weighted by Crippen LogP contribution is -2.36. The molecule has 0 aliphatic heterocycles. The van der Waals surface area contributed by atoms with Crippen molar-refractivity contribution in [3.8, 4) is 0 Å². The van der Waals surface area contributed by atoms with Gasteiger partial charge in [0, 0.05) is 19.0 Å². The SMILES string of the molecule is CCCC(NC(=O)N(C)C)c1cccs1. The van der Waals surface area contributed by atoms with Crippen molar-refractivity contribution in [1.29, 1.82) is 0 Å². The molecule has 1 aromatic rings. The van der Waals surface area contributed by atoms with Gasteiger partial charge in [0.2, 0.25) is 0 Å². The molecule has 0 spiro atoms. The molecule has 0 radical (unpaired) electrons. The van der Waals surface area contributed by atoms with E-state index in [1.807, 2.05) is 11.4 Å². The lowest BCUT2D eigenvalue weighted by atomic mass is 10.1. The van der Waals surface area contributed by atoms with Crippen LogP contribution in [0.1, 0.15) is 30.7 Å². The molecule has 0 saturated carbocycles. The van der Waals surface area contributed by atoms with E-state index in [0.29, 0.717) is 0 Å². The van der Waals surface area contributed by atoms with E-state index in [9.17, 15) is 4.79 Å². The Hall–Kier alpha value is -1.03. The monoisotopic (exact) mass is 226 g/mol. The van der Waals surface area contributed by atoms with Crippen molar-refractivity contribution in [3.05, 3.63) is 22.4 Å². The van der Waals surface area contributed by atoms with Crippen LogP contribution in [0.25, 0.3) is 0 Å². The summed E-state index contributed by atoms with van der Waals surface area (Å²) in [6, 6.07) is 4.22. The molecule has 0 aromatic carbocycles. The van der Waals surface area contributed by atoms with Crippen molar-refractivity contribution < 1.29 is 4.79 Å². The number of urea groups is 1. The third-order valence-corrected chi connectivity index (χ3v) is 3.15. The van der Waals surface area contributed by atoms with Crippen molar-refractivity contribution in [2.75, 3.05) is 14.1 Å². The molecular weight excluding hydrogens is 208 g/mol. The fraction of sp³-hybridized carbons (Fsp3) is 0.545. The largest absolute Gasteiger partial charge is 0.331 e. The summed E-state index contributed by atoms with van der Waals surface area (Å²) in [5.41, 5.74) is 0. The Kier molecular flexibility index (Phi) is 4.62. The fourth-order valence-corrected chi connectivity index (χ4v) is 2.15.